The van der Waals surface area contributed by atoms with Gasteiger partial charge < -0.3 is 23.1 Å². The summed E-state index contributed by atoms with van der Waals surface area (Å²) in [6, 6.07) is 0. The molecule has 0 amide bonds. The number of aliphatic hydroxyl groups is 1. The fraction of sp³-hybridized carbons (Fsp3) is 1.00. The van der Waals surface area contributed by atoms with Crippen LogP contribution in [-0.4, -0.2) is 53.7 Å². The van der Waals surface area contributed by atoms with E-state index in [-0.39, 0.29) is 18.4 Å². The van der Waals surface area contributed by atoms with E-state index in [4.69, 9.17) is 23.1 Å². The second kappa shape index (κ2) is 3.82. The van der Waals surface area contributed by atoms with Crippen molar-refractivity contribution in [1.29, 1.82) is 0 Å². The first-order chi connectivity index (χ1) is 5.74. The number of ether oxygens (including phenoxy) is 1. The lowest BCUT2D eigenvalue weighted by atomic mass is 10.5. The van der Waals surface area contributed by atoms with Crippen LogP contribution in [0.15, 0.2) is 0 Å². The molecule has 0 bridgehead atoms. The van der Waals surface area contributed by atoms with Gasteiger partial charge in [-0.2, -0.15) is 0 Å². The number of hydrogen-bond donors (Lipinski definition) is 1. The molecule has 0 saturated carbocycles. The van der Waals surface area contributed by atoms with Gasteiger partial charge in [-0.3, -0.25) is 0 Å². The van der Waals surface area contributed by atoms with E-state index in [1.165, 1.54) is 21.3 Å². The van der Waals surface area contributed by atoms with Crippen molar-refractivity contribution >= 4 is 8.80 Å². The van der Waals surface area contributed by atoms with Crippen LogP contribution in [0.1, 0.15) is 0 Å². The van der Waals surface area contributed by atoms with E-state index in [2.05, 4.69) is 0 Å². The van der Waals surface area contributed by atoms with Crippen molar-refractivity contribution < 1.29 is 23.1 Å². The van der Waals surface area contributed by atoms with Crippen molar-refractivity contribution in [1.82, 2.24) is 0 Å². The Bertz CT molecular complexity index is 141. The molecule has 0 aliphatic carbocycles. The maximum absolute atomic E-state index is 8.76. The van der Waals surface area contributed by atoms with Crippen LogP contribution in [0.25, 0.3) is 0 Å². The summed E-state index contributed by atoms with van der Waals surface area (Å²) in [6.45, 7) is -0.0184. The van der Waals surface area contributed by atoms with Crippen molar-refractivity contribution in [3.8, 4) is 0 Å². The molecule has 0 aromatic carbocycles. The molecule has 1 aliphatic heterocycles. The molecule has 5 nitrogen and oxygen atoms in total. The van der Waals surface area contributed by atoms with E-state index in [9.17, 15) is 0 Å². The third-order valence-electron chi connectivity index (χ3n) is 1.96. The molecule has 1 fully saturated rings. The Balaban J connectivity index is 2.55. The number of epoxide rings is 1. The Labute approximate surface area is 72.6 Å². The van der Waals surface area contributed by atoms with E-state index < -0.39 is 8.80 Å². The van der Waals surface area contributed by atoms with Crippen LogP contribution < -0.4 is 0 Å². The van der Waals surface area contributed by atoms with Gasteiger partial charge in [0.15, 0.2) is 5.73 Å². The lowest BCUT2D eigenvalue weighted by Crippen LogP contribution is -2.50. The van der Waals surface area contributed by atoms with Gasteiger partial charge in [0.25, 0.3) is 0 Å². The zero-order valence-electron chi connectivity index (χ0n) is 7.44. The molecule has 1 aliphatic rings. The second-order valence-electron chi connectivity index (χ2n) is 2.49. The fourth-order valence-electron chi connectivity index (χ4n) is 1.19. The quantitative estimate of drug-likeness (QED) is 0.457. The van der Waals surface area contributed by atoms with E-state index in [0.717, 1.165) is 0 Å². The molecule has 72 valence electrons. The molecular weight excluding hydrogens is 180 g/mol. The summed E-state index contributed by atoms with van der Waals surface area (Å²) in [6.07, 6.45) is -0.184. The lowest BCUT2D eigenvalue weighted by Gasteiger charge is -2.22. The molecule has 0 spiro atoms. The third-order valence-corrected chi connectivity index (χ3v) is 4.88. The fourth-order valence-corrected chi connectivity index (χ4v) is 3.29. The first-order valence-electron chi connectivity index (χ1n) is 3.66. The van der Waals surface area contributed by atoms with Gasteiger partial charge in [-0.25, -0.2) is 0 Å². The summed E-state index contributed by atoms with van der Waals surface area (Å²) in [5.41, 5.74) is -0.206. The van der Waals surface area contributed by atoms with Gasteiger partial charge in [-0.15, -0.1) is 0 Å². The molecule has 1 heterocycles. The molecule has 0 radical (unpaired) electrons. The van der Waals surface area contributed by atoms with Gasteiger partial charge in [0.2, 0.25) is 0 Å². The Morgan fingerprint density at radius 2 is 1.75 bits per heavy atom. The Morgan fingerprint density at radius 3 is 2.00 bits per heavy atom. The van der Waals surface area contributed by atoms with Gasteiger partial charge in [0, 0.05) is 21.3 Å². The zero-order valence-corrected chi connectivity index (χ0v) is 8.44. The highest BCUT2D eigenvalue weighted by Crippen LogP contribution is 2.31. The molecular formula is C6H14O5Si. The first kappa shape index (κ1) is 10.1. The lowest BCUT2D eigenvalue weighted by molar-refractivity contribution is 0.110. The monoisotopic (exact) mass is 194 g/mol. The van der Waals surface area contributed by atoms with Crippen molar-refractivity contribution in [2.75, 3.05) is 27.9 Å². The van der Waals surface area contributed by atoms with E-state index in [1.54, 1.807) is 0 Å². The minimum atomic E-state index is -2.65. The predicted octanol–water partition coefficient (Wildman–Crippen LogP) is -0.837. The zero-order chi connectivity index (χ0) is 9.19. The third kappa shape index (κ3) is 1.54. The topological polar surface area (TPSA) is 60.5 Å². The van der Waals surface area contributed by atoms with Gasteiger partial charge in [-0.05, 0) is 0 Å². The second-order valence-corrected chi connectivity index (χ2v) is 5.49. The van der Waals surface area contributed by atoms with E-state index in [0.29, 0.717) is 0 Å². The van der Waals surface area contributed by atoms with Crippen molar-refractivity contribution in [2.45, 2.75) is 11.8 Å². The average Bonchev–Trinajstić information content (AvgIpc) is 2.89. The van der Waals surface area contributed by atoms with E-state index in [1.807, 2.05) is 0 Å². The summed E-state index contributed by atoms with van der Waals surface area (Å²) in [4.78, 5) is 0. The summed E-state index contributed by atoms with van der Waals surface area (Å²) in [7, 11) is 1.92. The first-order valence-corrected chi connectivity index (χ1v) is 5.46. The number of rotatable bonds is 5. The van der Waals surface area contributed by atoms with Gasteiger partial charge in [-0.1, -0.05) is 0 Å². The van der Waals surface area contributed by atoms with Crippen molar-refractivity contribution in [2.24, 2.45) is 0 Å². The molecule has 6 heteroatoms. The predicted molar refractivity (Wildman–Crippen MR) is 42.5 cm³/mol. The normalized spacial score (nSPS) is 29.0. The minimum absolute atomic E-state index is 0.0184. The Morgan fingerprint density at radius 1 is 1.25 bits per heavy atom. The van der Waals surface area contributed by atoms with E-state index >= 15 is 0 Å². The van der Waals surface area contributed by atoms with Gasteiger partial charge in [0.1, 0.15) is 6.10 Å². The van der Waals surface area contributed by atoms with Crippen molar-refractivity contribution in [3.05, 3.63) is 0 Å². The summed E-state index contributed by atoms with van der Waals surface area (Å²) in [5.74, 6) is 0. The highest BCUT2D eigenvalue weighted by Gasteiger charge is 2.62. The Hall–Kier alpha value is 0.0169. The van der Waals surface area contributed by atoms with Crippen LogP contribution in [-0.2, 0) is 18.0 Å². The van der Waals surface area contributed by atoms with Gasteiger partial charge >= 0.3 is 8.80 Å². The highest BCUT2D eigenvalue weighted by atomic mass is 28.4. The summed E-state index contributed by atoms with van der Waals surface area (Å²) < 4.78 is 20.6. The highest BCUT2D eigenvalue weighted by molar-refractivity contribution is 6.63. The van der Waals surface area contributed by atoms with Crippen LogP contribution in [0, 0.1) is 0 Å². The van der Waals surface area contributed by atoms with Crippen LogP contribution in [0.2, 0.25) is 0 Å². The average molecular weight is 194 g/mol. The molecule has 0 aromatic heterocycles. The SMILES string of the molecule is CO[Si](OC)(OC)C1OC1CO. The maximum atomic E-state index is 8.76. The van der Waals surface area contributed by atoms with Crippen LogP contribution in [0.5, 0.6) is 0 Å². The van der Waals surface area contributed by atoms with Crippen LogP contribution >= 0.6 is 0 Å². The molecule has 1 N–H and O–H groups in total. The molecule has 1 saturated heterocycles. The largest absolute Gasteiger partial charge is 0.533 e. The van der Waals surface area contributed by atoms with Crippen molar-refractivity contribution in [3.63, 3.8) is 0 Å². The smallest absolute Gasteiger partial charge is 0.394 e. The summed E-state index contributed by atoms with van der Waals surface area (Å²) >= 11 is 0. The minimum Gasteiger partial charge on any atom is -0.394 e. The molecule has 2 atom stereocenters. The number of hydrogen-bond acceptors (Lipinski definition) is 5. The van der Waals surface area contributed by atoms with Crippen LogP contribution in [0.3, 0.4) is 0 Å². The summed E-state index contributed by atoms with van der Waals surface area (Å²) in [5, 5.41) is 8.76. The van der Waals surface area contributed by atoms with Gasteiger partial charge in [0.05, 0.1) is 6.61 Å². The maximum Gasteiger partial charge on any atom is 0.533 e. The Kier molecular flexibility index (Phi) is 3.21. The molecule has 0 aromatic rings. The van der Waals surface area contributed by atoms with Crippen LogP contribution in [0.4, 0.5) is 0 Å². The molecule has 2 unspecified atom stereocenters. The number of aliphatic hydroxyl groups excluding tert-OH is 1. The standard InChI is InChI=1S/C6H14O5Si/c1-8-12(9-2,10-3)6-5(4-7)11-6/h5-7H,4H2,1-3H3. The molecule has 1 rings (SSSR count). The molecule has 12 heavy (non-hydrogen) atoms.